The van der Waals surface area contributed by atoms with Gasteiger partial charge in [0.25, 0.3) is 16.8 Å². The number of ether oxygens (including phenoxy) is 2. The maximum atomic E-state index is 13.0. The minimum Gasteiger partial charge on any atom is -0.493 e. The van der Waals surface area contributed by atoms with Crippen LogP contribution in [0, 0.1) is 10.1 Å². The van der Waals surface area contributed by atoms with E-state index in [0.29, 0.717) is 17.3 Å². The molecule has 3 aromatic rings. The molecule has 1 heterocycles. The Morgan fingerprint density at radius 1 is 1.09 bits per heavy atom. The molecule has 3 aromatic carbocycles. The second-order valence-electron chi connectivity index (χ2n) is 8.90. The number of nitrogens with one attached hydrogen (secondary N) is 1. The summed E-state index contributed by atoms with van der Waals surface area (Å²) < 4.78 is 40.9. The van der Waals surface area contributed by atoms with Crippen molar-refractivity contribution in [1.29, 1.82) is 0 Å². The number of amides is 3. The van der Waals surface area contributed by atoms with Crippen molar-refractivity contribution in [2.45, 2.75) is 11.8 Å². The van der Waals surface area contributed by atoms with Gasteiger partial charge in [0.2, 0.25) is 5.91 Å². The Bertz CT molecular complexity index is 1860. The topological polar surface area (TPSA) is 189 Å². The number of carbonyl (C=O) groups is 4. The van der Waals surface area contributed by atoms with Crippen molar-refractivity contribution in [2.75, 3.05) is 25.6 Å². The SMILES string of the molecule is CCOC(=O)c1cc(NC(=O)CN2C(=O)S/C(=C\c3ccc(OS(=O)(=O)c4ccccc4[N+](=O)[O-])c(OC)c3)C2=O)ccc1Cl. The largest absolute Gasteiger partial charge is 0.493 e. The van der Waals surface area contributed by atoms with Gasteiger partial charge in [-0.05, 0) is 66.7 Å². The van der Waals surface area contributed by atoms with Crippen LogP contribution in [0.4, 0.5) is 16.2 Å². The summed E-state index contributed by atoms with van der Waals surface area (Å²) in [5.74, 6) is -2.55. The molecule has 1 saturated heterocycles. The van der Waals surface area contributed by atoms with Crippen LogP contribution in [0.3, 0.4) is 0 Å². The fourth-order valence-corrected chi connectivity index (χ4v) is 6.07. The molecule has 234 valence electrons. The number of imide groups is 1. The van der Waals surface area contributed by atoms with Crippen molar-refractivity contribution in [3.63, 3.8) is 0 Å². The molecule has 4 rings (SSSR count). The quantitative estimate of drug-likeness (QED) is 0.0955. The summed E-state index contributed by atoms with van der Waals surface area (Å²) in [6.07, 6.45) is 1.33. The van der Waals surface area contributed by atoms with Crippen molar-refractivity contribution in [1.82, 2.24) is 4.90 Å². The number of para-hydroxylation sites is 1. The molecule has 17 heteroatoms. The van der Waals surface area contributed by atoms with E-state index in [-0.39, 0.29) is 39.3 Å². The van der Waals surface area contributed by atoms with E-state index in [1.54, 1.807) is 6.92 Å². The predicted octanol–water partition coefficient (Wildman–Crippen LogP) is 4.88. The molecule has 3 amide bonds. The number of hydrogen-bond acceptors (Lipinski definition) is 12. The molecule has 1 fully saturated rings. The number of nitrogens with zero attached hydrogens (tertiary/aromatic N) is 2. The molecule has 0 saturated carbocycles. The van der Waals surface area contributed by atoms with Crippen molar-refractivity contribution in [2.24, 2.45) is 0 Å². The smallest absolute Gasteiger partial charge is 0.346 e. The number of esters is 1. The highest BCUT2D eigenvalue weighted by Crippen LogP contribution is 2.36. The van der Waals surface area contributed by atoms with Crippen molar-refractivity contribution < 1.29 is 46.2 Å². The zero-order valence-electron chi connectivity index (χ0n) is 23.3. The number of nitro benzene ring substituents is 1. The fraction of sp³-hybridized carbons (Fsp3) is 0.143. The number of hydrogen-bond donors (Lipinski definition) is 1. The molecule has 0 atom stereocenters. The number of anilines is 1. The van der Waals surface area contributed by atoms with Crippen LogP contribution < -0.4 is 14.2 Å². The van der Waals surface area contributed by atoms with Crippen LogP contribution in [0.15, 0.2) is 70.5 Å². The average Bonchev–Trinajstić information content (AvgIpc) is 3.25. The monoisotopic (exact) mass is 675 g/mol. The summed E-state index contributed by atoms with van der Waals surface area (Å²) >= 11 is 6.61. The predicted molar refractivity (Wildman–Crippen MR) is 163 cm³/mol. The summed E-state index contributed by atoms with van der Waals surface area (Å²) in [5.41, 5.74) is -0.151. The lowest BCUT2D eigenvalue weighted by molar-refractivity contribution is -0.387. The van der Waals surface area contributed by atoms with E-state index < -0.39 is 55.2 Å². The highest BCUT2D eigenvalue weighted by atomic mass is 35.5. The first kappa shape index (κ1) is 33.0. The molecule has 0 aliphatic carbocycles. The van der Waals surface area contributed by atoms with E-state index in [1.165, 1.54) is 61.7 Å². The maximum absolute atomic E-state index is 13.0. The van der Waals surface area contributed by atoms with E-state index in [1.807, 2.05) is 0 Å². The Hall–Kier alpha value is -4.93. The molecule has 1 N–H and O–H groups in total. The molecular formula is C28H22ClN3O11S2. The van der Waals surface area contributed by atoms with E-state index in [4.69, 9.17) is 25.3 Å². The van der Waals surface area contributed by atoms with Crippen LogP contribution >= 0.6 is 23.4 Å². The molecule has 45 heavy (non-hydrogen) atoms. The highest BCUT2D eigenvalue weighted by Gasteiger charge is 2.36. The fourth-order valence-electron chi connectivity index (χ4n) is 3.93. The third-order valence-corrected chi connectivity index (χ3v) is 8.46. The first-order valence-corrected chi connectivity index (χ1v) is 15.3. The lowest BCUT2D eigenvalue weighted by atomic mass is 10.2. The average molecular weight is 676 g/mol. The van der Waals surface area contributed by atoms with Crippen LogP contribution in [0.2, 0.25) is 5.02 Å². The van der Waals surface area contributed by atoms with Crippen molar-refractivity contribution in [3.05, 3.63) is 91.8 Å². The van der Waals surface area contributed by atoms with Gasteiger partial charge in [-0.25, -0.2) is 4.79 Å². The van der Waals surface area contributed by atoms with Crippen LogP contribution in [-0.4, -0.2) is 61.5 Å². The summed E-state index contributed by atoms with van der Waals surface area (Å²) in [7, 11) is -3.41. The first-order chi connectivity index (χ1) is 21.3. The third-order valence-electron chi connectivity index (χ3n) is 5.94. The summed E-state index contributed by atoms with van der Waals surface area (Å²) in [4.78, 5) is 60.8. The van der Waals surface area contributed by atoms with Gasteiger partial charge in [0, 0.05) is 11.8 Å². The number of thioether (sulfide) groups is 1. The highest BCUT2D eigenvalue weighted by molar-refractivity contribution is 8.18. The normalized spacial score (nSPS) is 13.9. The molecular weight excluding hydrogens is 654 g/mol. The van der Waals surface area contributed by atoms with Crippen molar-refractivity contribution >= 4 is 74.0 Å². The number of benzene rings is 3. The summed E-state index contributed by atoms with van der Waals surface area (Å²) in [5, 5.41) is 13.2. The molecule has 1 aliphatic rings. The molecule has 0 unspecified atom stereocenters. The molecule has 14 nitrogen and oxygen atoms in total. The van der Waals surface area contributed by atoms with E-state index >= 15 is 0 Å². The molecule has 0 aromatic heterocycles. The third kappa shape index (κ3) is 7.60. The van der Waals surface area contributed by atoms with Gasteiger partial charge in [-0.1, -0.05) is 29.8 Å². The van der Waals surface area contributed by atoms with E-state index in [2.05, 4.69) is 5.32 Å². The Balaban J connectivity index is 1.48. The Morgan fingerprint density at radius 2 is 1.82 bits per heavy atom. The Morgan fingerprint density at radius 3 is 2.51 bits per heavy atom. The van der Waals surface area contributed by atoms with Crippen LogP contribution in [0.5, 0.6) is 11.5 Å². The van der Waals surface area contributed by atoms with Gasteiger partial charge in [-0.3, -0.25) is 29.4 Å². The molecule has 0 radical (unpaired) electrons. The van der Waals surface area contributed by atoms with Crippen LogP contribution in [-0.2, 0) is 24.4 Å². The van der Waals surface area contributed by atoms with Crippen LogP contribution in [0.1, 0.15) is 22.8 Å². The molecule has 0 spiro atoms. The summed E-state index contributed by atoms with van der Waals surface area (Å²) in [6, 6.07) is 12.7. The van der Waals surface area contributed by atoms with Gasteiger partial charge in [0.05, 0.1) is 34.1 Å². The minimum absolute atomic E-state index is 0.0243. The van der Waals surface area contributed by atoms with Gasteiger partial charge in [-0.2, -0.15) is 8.42 Å². The van der Waals surface area contributed by atoms with Crippen molar-refractivity contribution in [3.8, 4) is 11.5 Å². The molecule has 1 aliphatic heterocycles. The lowest BCUT2D eigenvalue weighted by Gasteiger charge is -2.13. The van der Waals surface area contributed by atoms with Gasteiger partial charge in [0.15, 0.2) is 16.4 Å². The van der Waals surface area contributed by atoms with Gasteiger partial charge in [-0.15, -0.1) is 0 Å². The number of methoxy groups -OCH3 is 1. The Labute approximate surface area is 265 Å². The number of halogens is 1. The number of rotatable bonds is 11. The van der Waals surface area contributed by atoms with Crippen LogP contribution in [0.25, 0.3) is 6.08 Å². The molecule has 0 bridgehead atoms. The Kier molecular flexibility index (Phi) is 10.1. The number of carbonyl (C=O) groups excluding carboxylic acids is 4. The summed E-state index contributed by atoms with van der Waals surface area (Å²) in [6.45, 7) is 1.12. The zero-order valence-corrected chi connectivity index (χ0v) is 25.7. The standard InChI is InChI=1S/C28H22ClN3O11S2/c1-3-42-27(35)18-14-17(9-10-19(18)29)30-25(33)15-31-26(34)23(44-28(31)36)13-16-8-11-21(22(12-16)41-2)43-45(39,40)24-7-5-4-6-20(24)32(37)38/h4-14H,3,15H2,1-2H3,(H,30,33)/b23-13-. The zero-order chi connectivity index (χ0) is 32.9. The van der Waals surface area contributed by atoms with E-state index in [9.17, 15) is 37.7 Å². The van der Waals surface area contributed by atoms with E-state index in [0.717, 1.165) is 17.0 Å². The second kappa shape index (κ2) is 13.8. The van der Waals surface area contributed by atoms with Gasteiger partial charge in [0.1, 0.15) is 6.54 Å². The maximum Gasteiger partial charge on any atom is 0.346 e. The van der Waals surface area contributed by atoms with Gasteiger partial charge >= 0.3 is 16.1 Å². The first-order valence-electron chi connectivity index (χ1n) is 12.7. The number of nitro groups is 1. The lowest BCUT2D eigenvalue weighted by Crippen LogP contribution is -2.36. The minimum atomic E-state index is -4.64. The van der Waals surface area contributed by atoms with Gasteiger partial charge < -0.3 is 19.0 Å². The second-order valence-corrected chi connectivity index (χ2v) is 11.8.